The van der Waals surface area contributed by atoms with Crippen LogP contribution in [0.1, 0.15) is 25.7 Å². The Labute approximate surface area is 134 Å². The van der Waals surface area contributed by atoms with E-state index < -0.39 is 5.25 Å². The van der Waals surface area contributed by atoms with Crippen LogP contribution in [0.2, 0.25) is 0 Å². The Morgan fingerprint density at radius 3 is 3.18 bits per heavy atom. The van der Waals surface area contributed by atoms with Gasteiger partial charge in [-0.3, -0.25) is 9.59 Å². The molecule has 0 saturated heterocycles. The molecule has 116 valence electrons. The molecule has 0 saturated carbocycles. The van der Waals surface area contributed by atoms with Crippen LogP contribution in [0.5, 0.6) is 0 Å². The van der Waals surface area contributed by atoms with Crippen molar-refractivity contribution in [3.63, 3.8) is 0 Å². The topological polar surface area (TPSA) is 71.1 Å². The third-order valence-corrected chi connectivity index (χ3v) is 5.13. The molecular weight excluding hydrogens is 298 g/mol. The Bertz CT molecular complexity index is 603. The fourth-order valence-electron chi connectivity index (χ4n) is 2.66. The molecule has 1 aromatic heterocycles. The molecule has 2 heterocycles. The average molecular weight is 317 g/mol. The lowest BCUT2D eigenvalue weighted by Gasteiger charge is -2.23. The molecule has 0 spiro atoms. The summed E-state index contributed by atoms with van der Waals surface area (Å²) < 4.78 is 0. The normalized spacial score (nSPS) is 23.5. The zero-order valence-corrected chi connectivity index (χ0v) is 13.1. The number of amides is 2. The second-order valence-corrected chi connectivity index (χ2v) is 6.80. The van der Waals surface area contributed by atoms with Crippen molar-refractivity contribution in [2.45, 2.75) is 36.0 Å². The van der Waals surface area contributed by atoms with Gasteiger partial charge in [0.15, 0.2) is 0 Å². The molecule has 2 aliphatic rings. The second kappa shape index (κ2) is 6.96. The fraction of sp³-hybridized carbons (Fsp3) is 0.438. The number of anilines is 1. The largest absolute Gasteiger partial charge is 0.356 e. The van der Waals surface area contributed by atoms with Crippen LogP contribution in [0.3, 0.4) is 0 Å². The highest BCUT2D eigenvalue weighted by molar-refractivity contribution is 8.00. The lowest BCUT2D eigenvalue weighted by Crippen LogP contribution is -2.36. The Balaban J connectivity index is 1.51. The summed E-state index contributed by atoms with van der Waals surface area (Å²) in [6, 6.07) is 3.60. The van der Waals surface area contributed by atoms with E-state index in [1.165, 1.54) is 11.8 Å². The lowest BCUT2D eigenvalue weighted by molar-refractivity contribution is -0.124. The molecule has 6 heteroatoms. The van der Waals surface area contributed by atoms with Gasteiger partial charge < -0.3 is 10.6 Å². The number of pyridine rings is 1. The molecule has 1 aliphatic carbocycles. The van der Waals surface area contributed by atoms with Gasteiger partial charge in [0.1, 0.15) is 5.03 Å². The van der Waals surface area contributed by atoms with Gasteiger partial charge in [-0.25, -0.2) is 4.98 Å². The fourth-order valence-corrected chi connectivity index (χ4v) is 3.69. The molecule has 2 amide bonds. The summed E-state index contributed by atoms with van der Waals surface area (Å²) in [4.78, 5) is 28.4. The summed E-state index contributed by atoms with van der Waals surface area (Å²) in [6.07, 6.45) is 9.47. The molecule has 1 aliphatic heterocycles. The van der Waals surface area contributed by atoms with E-state index in [0.717, 1.165) is 30.0 Å². The van der Waals surface area contributed by atoms with Gasteiger partial charge in [0.2, 0.25) is 11.8 Å². The number of nitrogens with zero attached hydrogens (tertiary/aromatic N) is 1. The maximum absolute atomic E-state index is 12.1. The van der Waals surface area contributed by atoms with Crippen LogP contribution in [0.15, 0.2) is 35.5 Å². The van der Waals surface area contributed by atoms with Crippen LogP contribution >= 0.6 is 11.8 Å². The van der Waals surface area contributed by atoms with Crippen molar-refractivity contribution in [2.75, 3.05) is 11.9 Å². The number of rotatable bonds is 4. The second-order valence-electron chi connectivity index (χ2n) is 5.61. The van der Waals surface area contributed by atoms with Gasteiger partial charge in [-0.1, -0.05) is 23.9 Å². The van der Waals surface area contributed by atoms with E-state index >= 15 is 0 Å². The van der Waals surface area contributed by atoms with Crippen LogP contribution in [0.4, 0.5) is 5.69 Å². The number of carbonyl (C=O) groups excluding carboxylic acids is 2. The zero-order valence-electron chi connectivity index (χ0n) is 12.2. The van der Waals surface area contributed by atoms with E-state index in [1.807, 2.05) is 6.07 Å². The smallest absolute Gasteiger partial charge is 0.238 e. The average Bonchev–Trinajstić information content (AvgIpc) is 2.55. The summed E-state index contributed by atoms with van der Waals surface area (Å²) >= 11 is 1.36. The van der Waals surface area contributed by atoms with Crippen LogP contribution in [0.25, 0.3) is 0 Å². The summed E-state index contributed by atoms with van der Waals surface area (Å²) in [5.41, 5.74) is 0.725. The number of fused-ring (bicyclic) bond motifs is 1. The van der Waals surface area contributed by atoms with Crippen LogP contribution in [-0.2, 0) is 9.59 Å². The van der Waals surface area contributed by atoms with E-state index in [2.05, 4.69) is 27.8 Å². The van der Waals surface area contributed by atoms with Crippen LogP contribution in [0, 0.1) is 5.92 Å². The first kappa shape index (κ1) is 15.1. The zero-order chi connectivity index (χ0) is 15.4. The maximum atomic E-state index is 12.1. The molecule has 1 aromatic rings. The molecule has 22 heavy (non-hydrogen) atoms. The van der Waals surface area contributed by atoms with E-state index in [1.54, 1.807) is 12.3 Å². The van der Waals surface area contributed by atoms with Gasteiger partial charge in [0.25, 0.3) is 0 Å². The number of thioether (sulfide) groups is 1. The molecule has 0 fully saturated rings. The van der Waals surface area contributed by atoms with Crippen LogP contribution in [-0.4, -0.2) is 28.6 Å². The Morgan fingerprint density at radius 1 is 1.45 bits per heavy atom. The van der Waals surface area contributed by atoms with Crippen molar-refractivity contribution in [2.24, 2.45) is 5.92 Å². The van der Waals surface area contributed by atoms with Crippen molar-refractivity contribution in [1.82, 2.24) is 10.3 Å². The summed E-state index contributed by atoms with van der Waals surface area (Å²) in [6.45, 7) is 0.691. The molecule has 0 radical (unpaired) electrons. The minimum absolute atomic E-state index is 0.0680. The Kier molecular flexibility index (Phi) is 4.77. The molecule has 3 rings (SSSR count). The number of allylic oxidation sites excluding steroid dienone is 2. The van der Waals surface area contributed by atoms with Crippen molar-refractivity contribution in [3.05, 3.63) is 30.5 Å². The van der Waals surface area contributed by atoms with Crippen molar-refractivity contribution in [1.29, 1.82) is 0 Å². The van der Waals surface area contributed by atoms with Gasteiger partial charge in [0.05, 0.1) is 10.9 Å². The highest BCUT2D eigenvalue weighted by atomic mass is 32.2. The predicted molar refractivity (Wildman–Crippen MR) is 86.6 cm³/mol. The Hall–Kier alpha value is -1.82. The van der Waals surface area contributed by atoms with E-state index in [4.69, 9.17) is 0 Å². The summed E-state index contributed by atoms with van der Waals surface area (Å²) in [5, 5.41) is 6.13. The van der Waals surface area contributed by atoms with Gasteiger partial charge in [0, 0.05) is 19.2 Å². The first-order valence-corrected chi connectivity index (χ1v) is 8.44. The number of carbonyl (C=O) groups is 2. The highest BCUT2D eigenvalue weighted by Crippen LogP contribution is 2.34. The third-order valence-electron chi connectivity index (χ3n) is 3.91. The highest BCUT2D eigenvalue weighted by Gasteiger charge is 2.29. The molecular formula is C16H19N3O2S. The van der Waals surface area contributed by atoms with Gasteiger partial charge >= 0.3 is 0 Å². The monoisotopic (exact) mass is 317 g/mol. The molecule has 2 N–H and O–H groups in total. The van der Waals surface area contributed by atoms with Crippen LogP contribution < -0.4 is 10.6 Å². The third kappa shape index (κ3) is 3.68. The number of nitrogens with one attached hydrogen (secondary N) is 2. The quantitative estimate of drug-likeness (QED) is 0.836. The van der Waals surface area contributed by atoms with E-state index in [0.29, 0.717) is 12.5 Å². The summed E-state index contributed by atoms with van der Waals surface area (Å²) in [5.74, 6) is 0.326. The van der Waals surface area contributed by atoms with Crippen molar-refractivity contribution >= 4 is 29.3 Å². The molecule has 0 bridgehead atoms. The first-order valence-electron chi connectivity index (χ1n) is 7.56. The van der Waals surface area contributed by atoms with Crippen molar-refractivity contribution < 1.29 is 9.59 Å². The predicted octanol–water partition coefficient (Wildman–Crippen LogP) is 2.36. The van der Waals surface area contributed by atoms with Gasteiger partial charge in [-0.15, -0.1) is 0 Å². The summed E-state index contributed by atoms with van der Waals surface area (Å²) in [7, 11) is 0. The number of aromatic nitrogens is 1. The van der Waals surface area contributed by atoms with E-state index in [-0.39, 0.29) is 18.2 Å². The first-order chi connectivity index (χ1) is 10.7. The minimum atomic E-state index is -0.409. The molecule has 5 nitrogen and oxygen atoms in total. The molecule has 0 aromatic carbocycles. The molecule has 2 unspecified atom stereocenters. The lowest BCUT2D eigenvalue weighted by atomic mass is 9.94. The van der Waals surface area contributed by atoms with E-state index in [9.17, 15) is 9.59 Å². The molecule has 2 atom stereocenters. The maximum Gasteiger partial charge on any atom is 0.238 e. The van der Waals surface area contributed by atoms with Crippen molar-refractivity contribution in [3.8, 4) is 0 Å². The number of hydrogen-bond acceptors (Lipinski definition) is 4. The standard InChI is InChI=1S/C16H19N3O2S/c20-14(18-10-11-5-2-1-3-6-11)9-13-15(21)19-12-7-4-8-17-16(12)22-13/h1-2,4,7-8,11,13H,3,5-6,9-10H2,(H,18,20)(H,19,21). The van der Waals surface area contributed by atoms with Gasteiger partial charge in [-0.05, 0) is 37.3 Å². The minimum Gasteiger partial charge on any atom is -0.356 e. The Morgan fingerprint density at radius 2 is 2.36 bits per heavy atom. The SMILES string of the molecule is O=C(CC1Sc2ncccc2NC1=O)NCC1CC=CCC1. The number of hydrogen-bond donors (Lipinski definition) is 2. The van der Waals surface area contributed by atoms with Gasteiger partial charge in [-0.2, -0.15) is 0 Å².